The van der Waals surface area contributed by atoms with Crippen LogP contribution >= 0.6 is 0 Å². The second-order valence-corrected chi connectivity index (χ2v) is 4.43. The Morgan fingerprint density at radius 3 is 1.69 bits per heavy atom. The molecule has 2 heteroatoms. The third-order valence-corrected chi connectivity index (χ3v) is 3.08. The lowest BCUT2D eigenvalue weighted by atomic mass is 9.82. The van der Waals surface area contributed by atoms with Crippen LogP contribution in [-0.4, -0.2) is 22.4 Å². The zero-order chi connectivity index (χ0) is 10.6. The van der Waals surface area contributed by atoms with Crippen LogP contribution in [0.2, 0.25) is 0 Å². The van der Waals surface area contributed by atoms with Gasteiger partial charge in [-0.15, -0.1) is 0 Å². The number of rotatable bonds is 5. The summed E-state index contributed by atoms with van der Waals surface area (Å²) in [5.74, 6) is 0.596. The van der Waals surface area contributed by atoms with E-state index in [1.165, 1.54) is 0 Å². The van der Waals surface area contributed by atoms with Crippen LogP contribution in [0.15, 0.2) is 0 Å². The monoisotopic (exact) mass is 188 g/mol. The fraction of sp³-hybridized carbons (Fsp3) is 1.00. The first-order valence-electron chi connectivity index (χ1n) is 5.27. The van der Waals surface area contributed by atoms with Crippen LogP contribution in [0.4, 0.5) is 0 Å². The van der Waals surface area contributed by atoms with Crippen LogP contribution in [0.5, 0.6) is 0 Å². The second kappa shape index (κ2) is 5.61. The van der Waals surface area contributed by atoms with Crippen molar-refractivity contribution >= 4 is 0 Å². The molecule has 0 aromatic rings. The Morgan fingerprint density at radius 1 is 0.923 bits per heavy atom. The minimum Gasteiger partial charge on any atom is -0.393 e. The third-order valence-electron chi connectivity index (χ3n) is 3.08. The lowest BCUT2D eigenvalue weighted by Crippen LogP contribution is -2.34. The Kier molecular flexibility index (Phi) is 5.57. The van der Waals surface area contributed by atoms with Crippen molar-refractivity contribution in [3.05, 3.63) is 0 Å². The maximum atomic E-state index is 9.80. The number of aliphatic hydroxyl groups excluding tert-OH is 2. The van der Waals surface area contributed by atoms with Gasteiger partial charge in [0.25, 0.3) is 0 Å². The van der Waals surface area contributed by atoms with E-state index in [-0.39, 0.29) is 30.0 Å². The van der Waals surface area contributed by atoms with Crippen LogP contribution in [-0.2, 0) is 0 Å². The van der Waals surface area contributed by atoms with Gasteiger partial charge in [0.1, 0.15) is 0 Å². The first-order valence-corrected chi connectivity index (χ1v) is 5.27. The molecule has 0 saturated heterocycles. The van der Waals surface area contributed by atoms with E-state index in [1.54, 1.807) is 0 Å². The molecule has 80 valence electrons. The van der Waals surface area contributed by atoms with E-state index in [0.717, 1.165) is 6.42 Å². The van der Waals surface area contributed by atoms with Gasteiger partial charge in [-0.1, -0.05) is 34.6 Å². The third kappa shape index (κ3) is 3.65. The largest absolute Gasteiger partial charge is 0.393 e. The molecule has 13 heavy (non-hydrogen) atoms. The van der Waals surface area contributed by atoms with Gasteiger partial charge in [-0.2, -0.15) is 0 Å². The molecule has 0 radical (unpaired) electrons. The van der Waals surface area contributed by atoms with Crippen molar-refractivity contribution in [3.63, 3.8) is 0 Å². The summed E-state index contributed by atoms with van der Waals surface area (Å²) in [6, 6.07) is 0. The summed E-state index contributed by atoms with van der Waals surface area (Å²) in [6.07, 6.45) is 0.163. The van der Waals surface area contributed by atoms with Crippen molar-refractivity contribution in [2.75, 3.05) is 0 Å². The Morgan fingerprint density at radius 2 is 1.38 bits per heavy atom. The van der Waals surface area contributed by atoms with Gasteiger partial charge < -0.3 is 10.2 Å². The van der Waals surface area contributed by atoms with Gasteiger partial charge in [0.15, 0.2) is 0 Å². The molecule has 2 nitrogen and oxygen atoms in total. The van der Waals surface area contributed by atoms with Crippen LogP contribution in [0.25, 0.3) is 0 Å². The molecule has 0 aliphatic rings. The van der Waals surface area contributed by atoms with Gasteiger partial charge in [-0.3, -0.25) is 0 Å². The molecular weight excluding hydrogens is 164 g/mol. The van der Waals surface area contributed by atoms with Crippen LogP contribution in [0.1, 0.15) is 41.0 Å². The van der Waals surface area contributed by atoms with E-state index < -0.39 is 0 Å². The molecule has 0 fully saturated rings. The Labute approximate surface area is 82.0 Å². The highest BCUT2D eigenvalue weighted by molar-refractivity contribution is 4.76. The highest BCUT2D eigenvalue weighted by atomic mass is 16.3. The zero-order valence-electron chi connectivity index (χ0n) is 9.49. The minimum atomic E-state index is -0.309. The van der Waals surface area contributed by atoms with E-state index >= 15 is 0 Å². The summed E-state index contributed by atoms with van der Waals surface area (Å²) in [5, 5.41) is 19.4. The predicted octanol–water partition coefficient (Wildman–Crippen LogP) is 2.05. The summed E-state index contributed by atoms with van der Waals surface area (Å²) >= 11 is 0. The molecule has 2 N–H and O–H groups in total. The van der Waals surface area contributed by atoms with E-state index in [9.17, 15) is 10.2 Å². The van der Waals surface area contributed by atoms with E-state index in [1.807, 2.05) is 34.6 Å². The summed E-state index contributed by atoms with van der Waals surface area (Å²) in [5.41, 5.74) is 0. The van der Waals surface area contributed by atoms with Crippen LogP contribution < -0.4 is 0 Å². The van der Waals surface area contributed by atoms with Gasteiger partial charge in [-0.05, 0) is 24.2 Å². The zero-order valence-corrected chi connectivity index (χ0v) is 9.49. The predicted molar refractivity (Wildman–Crippen MR) is 55.5 cm³/mol. The molecule has 0 amide bonds. The molecule has 0 heterocycles. The molecule has 4 atom stereocenters. The quantitative estimate of drug-likeness (QED) is 0.693. The Bertz CT molecular complexity index is 134. The maximum Gasteiger partial charge on any atom is 0.0592 e. The van der Waals surface area contributed by atoms with Gasteiger partial charge in [-0.25, -0.2) is 0 Å². The topological polar surface area (TPSA) is 40.5 Å². The van der Waals surface area contributed by atoms with E-state index in [4.69, 9.17) is 0 Å². The fourth-order valence-corrected chi connectivity index (χ4v) is 1.64. The molecule has 0 aromatic heterocycles. The van der Waals surface area contributed by atoms with Crippen molar-refractivity contribution in [2.24, 2.45) is 17.8 Å². The highest BCUT2D eigenvalue weighted by Gasteiger charge is 2.26. The Balaban J connectivity index is 4.15. The lowest BCUT2D eigenvalue weighted by molar-refractivity contribution is 0.000552. The van der Waals surface area contributed by atoms with Gasteiger partial charge >= 0.3 is 0 Å². The summed E-state index contributed by atoms with van der Waals surface area (Å²) < 4.78 is 0. The van der Waals surface area contributed by atoms with Crippen molar-refractivity contribution in [1.29, 1.82) is 0 Å². The molecule has 0 spiro atoms. The summed E-state index contributed by atoms with van der Waals surface area (Å²) in [7, 11) is 0. The number of hydrogen-bond acceptors (Lipinski definition) is 2. The van der Waals surface area contributed by atoms with Crippen molar-refractivity contribution in [2.45, 2.75) is 53.2 Å². The minimum absolute atomic E-state index is 0.162. The average molecular weight is 188 g/mol. The molecule has 0 rings (SSSR count). The number of hydrogen-bond donors (Lipinski definition) is 2. The Hall–Kier alpha value is -0.0800. The smallest absolute Gasteiger partial charge is 0.0592 e. The standard InChI is InChI=1S/C11H24O2/c1-6-10(12)8(4)9(5)11(13)7(2)3/h7-13H,6H2,1-5H3. The first kappa shape index (κ1) is 12.9. The second-order valence-electron chi connectivity index (χ2n) is 4.43. The van der Waals surface area contributed by atoms with Crippen molar-refractivity contribution in [3.8, 4) is 0 Å². The SMILES string of the molecule is CCC(O)C(C)C(C)C(O)C(C)C. The van der Waals surface area contributed by atoms with Crippen LogP contribution in [0.3, 0.4) is 0 Å². The summed E-state index contributed by atoms with van der Waals surface area (Å²) in [4.78, 5) is 0. The fourth-order valence-electron chi connectivity index (χ4n) is 1.64. The summed E-state index contributed by atoms with van der Waals surface area (Å²) in [6.45, 7) is 9.99. The molecule has 0 aromatic carbocycles. The average Bonchev–Trinajstić information content (AvgIpc) is 2.12. The molecular formula is C11H24O2. The molecule has 0 bridgehead atoms. The van der Waals surface area contributed by atoms with Crippen LogP contribution in [0, 0.1) is 17.8 Å². The maximum absolute atomic E-state index is 9.80. The molecule has 4 unspecified atom stereocenters. The van der Waals surface area contributed by atoms with Crippen molar-refractivity contribution < 1.29 is 10.2 Å². The normalized spacial score (nSPS) is 21.2. The molecule has 0 aliphatic carbocycles. The molecule has 0 aliphatic heterocycles. The van der Waals surface area contributed by atoms with E-state index in [0.29, 0.717) is 0 Å². The number of aliphatic hydroxyl groups is 2. The van der Waals surface area contributed by atoms with Crippen molar-refractivity contribution in [1.82, 2.24) is 0 Å². The van der Waals surface area contributed by atoms with Gasteiger partial charge in [0.2, 0.25) is 0 Å². The van der Waals surface area contributed by atoms with Gasteiger partial charge in [0, 0.05) is 0 Å². The lowest BCUT2D eigenvalue weighted by Gasteiger charge is -2.30. The van der Waals surface area contributed by atoms with E-state index in [2.05, 4.69) is 0 Å². The highest BCUT2D eigenvalue weighted by Crippen LogP contribution is 2.24. The molecule has 0 saturated carbocycles. The first-order chi connectivity index (χ1) is 5.91. The van der Waals surface area contributed by atoms with Gasteiger partial charge in [0.05, 0.1) is 12.2 Å².